The number of aliphatic hydroxyl groups is 1. The van der Waals surface area contributed by atoms with Gasteiger partial charge in [-0.3, -0.25) is 0 Å². The van der Waals surface area contributed by atoms with E-state index in [4.69, 9.17) is 14.0 Å². The summed E-state index contributed by atoms with van der Waals surface area (Å²) in [6, 6.07) is 3.48. The molecule has 1 N–H and O–H groups in total. The van der Waals surface area contributed by atoms with Gasteiger partial charge in [-0.2, -0.15) is 4.98 Å². The van der Waals surface area contributed by atoms with Gasteiger partial charge in [-0.1, -0.05) is 5.16 Å². The first-order valence-corrected chi connectivity index (χ1v) is 4.78. The first-order valence-electron chi connectivity index (χ1n) is 3.99. The molecule has 2 aromatic rings. The van der Waals surface area contributed by atoms with E-state index in [1.807, 2.05) is 0 Å². The second-order valence-corrected chi connectivity index (χ2v) is 3.37. The van der Waals surface area contributed by atoms with Crippen LogP contribution in [0.3, 0.4) is 0 Å². The highest BCUT2D eigenvalue weighted by Crippen LogP contribution is 2.22. The molecule has 6 heteroatoms. The Kier molecular flexibility index (Phi) is 2.64. The number of halogens is 1. The molecule has 14 heavy (non-hydrogen) atoms. The van der Waals surface area contributed by atoms with Gasteiger partial charge in [0.15, 0.2) is 10.4 Å². The quantitative estimate of drug-likeness (QED) is 0.906. The second kappa shape index (κ2) is 3.93. The number of aromatic nitrogens is 2. The summed E-state index contributed by atoms with van der Waals surface area (Å²) < 4.78 is 10.7. The van der Waals surface area contributed by atoms with E-state index in [2.05, 4.69) is 26.1 Å². The highest BCUT2D eigenvalue weighted by molar-refractivity contribution is 9.10. The van der Waals surface area contributed by atoms with Gasteiger partial charge < -0.3 is 14.0 Å². The standard InChI is InChI=1S/C8H7BrN2O3/c9-6-2-1-5(13-6)8-10-7(3-4-12)14-11-8/h1-2,12H,3-4H2. The Bertz CT molecular complexity index is 424. The van der Waals surface area contributed by atoms with Crippen molar-refractivity contribution in [3.63, 3.8) is 0 Å². The summed E-state index contributed by atoms with van der Waals surface area (Å²) in [5.74, 6) is 1.32. The summed E-state index contributed by atoms with van der Waals surface area (Å²) in [7, 11) is 0. The summed E-state index contributed by atoms with van der Waals surface area (Å²) in [6.45, 7) is -0.0104. The monoisotopic (exact) mass is 258 g/mol. The molecule has 5 nitrogen and oxygen atoms in total. The Morgan fingerprint density at radius 3 is 2.93 bits per heavy atom. The second-order valence-electron chi connectivity index (χ2n) is 2.59. The Balaban J connectivity index is 2.24. The molecule has 0 bridgehead atoms. The van der Waals surface area contributed by atoms with Crippen molar-refractivity contribution in [3.8, 4) is 11.6 Å². The van der Waals surface area contributed by atoms with Crippen LogP contribution in [-0.4, -0.2) is 21.9 Å². The number of hydrogen-bond donors (Lipinski definition) is 1. The summed E-state index contributed by atoms with van der Waals surface area (Å²) in [4.78, 5) is 4.03. The van der Waals surface area contributed by atoms with Crippen LogP contribution in [0.4, 0.5) is 0 Å². The fourth-order valence-electron chi connectivity index (χ4n) is 0.987. The zero-order valence-corrected chi connectivity index (χ0v) is 8.69. The minimum absolute atomic E-state index is 0.0104. The smallest absolute Gasteiger partial charge is 0.238 e. The van der Waals surface area contributed by atoms with Gasteiger partial charge in [-0.15, -0.1) is 0 Å². The molecule has 2 rings (SSSR count). The third-order valence-electron chi connectivity index (χ3n) is 1.59. The van der Waals surface area contributed by atoms with Crippen LogP contribution in [0.15, 0.2) is 25.7 Å². The van der Waals surface area contributed by atoms with Crippen molar-refractivity contribution in [2.45, 2.75) is 6.42 Å². The maximum absolute atomic E-state index is 8.64. The molecule has 2 heterocycles. The highest BCUT2D eigenvalue weighted by atomic mass is 79.9. The van der Waals surface area contributed by atoms with Crippen LogP contribution in [0, 0.1) is 0 Å². The first-order chi connectivity index (χ1) is 6.79. The van der Waals surface area contributed by atoms with Gasteiger partial charge in [0.05, 0.1) is 13.0 Å². The molecule has 74 valence electrons. The largest absolute Gasteiger partial charge is 0.446 e. The summed E-state index contributed by atoms with van der Waals surface area (Å²) >= 11 is 3.17. The molecule has 0 unspecified atom stereocenters. The summed E-state index contributed by atoms with van der Waals surface area (Å²) in [5, 5.41) is 12.4. The first kappa shape index (κ1) is 9.42. The number of aliphatic hydroxyl groups excluding tert-OH is 1. The maximum atomic E-state index is 8.64. The average molecular weight is 259 g/mol. The van der Waals surface area contributed by atoms with Gasteiger partial charge in [0.2, 0.25) is 11.7 Å². The van der Waals surface area contributed by atoms with Crippen LogP contribution >= 0.6 is 15.9 Å². The Morgan fingerprint density at radius 1 is 1.43 bits per heavy atom. The van der Waals surface area contributed by atoms with E-state index in [1.165, 1.54) is 0 Å². The number of nitrogens with zero attached hydrogens (tertiary/aromatic N) is 2. The lowest BCUT2D eigenvalue weighted by Gasteiger charge is -1.84. The van der Waals surface area contributed by atoms with Crippen molar-refractivity contribution in [2.24, 2.45) is 0 Å². The molecule has 0 fully saturated rings. The molecule has 0 saturated heterocycles. The van der Waals surface area contributed by atoms with Gasteiger partial charge in [0.25, 0.3) is 0 Å². The summed E-state index contributed by atoms with van der Waals surface area (Å²) in [6.07, 6.45) is 0.356. The van der Waals surface area contributed by atoms with E-state index in [0.717, 1.165) is 0 Å². The molecule has 0 spiro atoms. The zero-order chi connectivity index (χ0) is 9.97. The highest BCUT2D eigenvalue weighted by Gasteiger charge is 2.11. The van der Waals surface area contributed by atoms with Crippen molar-refractivity contribution in [1.29, 1.82) is 0 Å². The molecular formula is C8H7BrN2O3. The molecule has 0 aromatic carbocycles. The minimum Gasteiger partial charge on any atom is -0.446 e. The van der Waals surface area contributed by atoms with Crippen molar-refractivity contribution in [1.82, 2.24) is 10.1 Å². The summed E-state index contributed by atoms with van der Waals surface area (Å²) in [5.41, 5.74) is 0. The average Bonchev–Trinajstić information content (AvgIpc) is 2.74. The molecule has 2 aromatic heterocycles. The Morgan fingerprint density at radius 2 is 2.29 bits per heavy atom. The van der Waals surface area contributed by atoms with Crippen molar-refractivity contribution < 1.29 is 14.0 Å². The van der Waals surface area contributed by atoms with Crippen molar-refractivity contribution in [3.05, 3.63) is 22.7 Å². The zero-order valence-electron chi connectivity index (χ0n) is 7.11. The third kappa shape index (κ3) is 1.85. The van der Waals surface area contributed by atoms with Crippen LogP contribution in [-0.2, 0) is 6.42 Å². The van der Waals surface area contributed by atoms with Crippen molar-refractivity contribution in [2.75, 3.05) is 6.61 Å². The van der Waals surface area contributed by atoms with E-state index in [0.29, 0.717) is 28.6 Å². The van der Waals surface area contributed by atoms with E-state index in [1.54, 1.807) is 12.1 Å². The van der Waals surface area contributed by atoms with Crippen LogP contribution in [0.5, 0.6) is 0 Å². The van der Waals surface area contributed by atoms with Crippen LogP contribution < -0.4 is 0 Å². The topological polar surface area (TPSA) is 72.3 Å². The molecule has 0 aliphatic carbocycles. The SMILES string of the molecule is OCCc1nc(-c2ccc(Br)o2)no1. The van der Waals surface area contributed by atoms with E-state index >= 15 is 0 Å². The lowest BCUT2D eigenvalue weighted by Crippen LogP contribution is -1.89. The van der Waals surface area contributed by atoms with E-state index in [9.17, 15) is 0 Å². The molecule has 0 amide bonds. The van der Waals surface area contributed by atoms with E-state index < -0.39 is 0 Å². The molecule has 0 atom stereocenters. The normalized spacial score (nSPS) is 10.7. The fraction of sp³-hybridized carbons (Fsp3) is 0.250. The number of rotatable bonds is 3. The lowest BCUT2D eigenvalue weighted by molar-refractivity contribution is 0.274. The number of hydrogen-bond acceptors (Lipinski definition) is 5. The molecule has 0 saturated carbocycles. The minimum atomic E-state index is -0.0104. The van der Waals surface area contributed by atoms with Gasteiger partial charge in [0.1, 0.15) is 0 Å². The van der Waals surface area contributed by atoms with Crippen molar-refractivity contribution >= 4 is 15.9 Å². The number of furan rings is 1. The Hall–Kier alpha value is -1.14. The van der Waals surface area contributed by atoms with E-state index in [-0.39, 0.29) is 6.61 Å². The van der Waals surface area contributed by atoms with Crippen LogP contribution in [0.25, 0.3) is 11.6 Å². The van der Waals surface area contributed by atoms with Gasteiger partial charge in [-0.25, -0.2) is 0 Å². The molecule has 0 radical (unpaired) electrons. The van der Waals surface area contributed by atoms with Gasteiger partial charge in [0, 0.05) is 0 Å². The molecule has 0 aliphatic heterocycles. The lowest BCUT2D eigenvalue weighted by atomic mass is 10.4. The Labute approximate surface area is 87.9 Å². The van der Waals surface area contributed by atoms with Crippen LogP contribution in [0.2, 0.25) is 0 Å². The van der Waals surface area contributed by atoms with Gasteiger partial charge in [-0.05, 0) is 28.1 Å². The molecule has 0 aliphatic rings. The fourth-order valence-corrected chi connectivity index (χ4v) is 1.29. The third-order valence-corrected chi connectivity index (χ3v) is 2.01. The van der Waals surface area contributed by atoms with Gasteiger partial charge >= 0.3 is 0 Å². The van der Waals surface area contributed by atoms with Crippen LogP contribution in [0.1, 0.15) is 5.89 Å². The predicted molar refractivity (Wildman–Crippen MR) is 50.5 cm³/mol. The maximum Gasteiger partial charge on any atom is 0.238 e. The molecular weight excluding hydrogens is 252 g/mol. The predicted octanol–water partition coefficient (Wildman–Crippen LogP) is 1.63.